The van der Waals surface area contributed by atoms with Crippen LogP contribution in [0.15, 0.2) is 48.5 Å². The van der Waals surface area contributed by atoms with E-state index in [1.807, 2.05) is 53.4 Å². The summed E-state index contributed by atoms with van der Waals surface area (Å²) in [5.74, 6) is 1.25. The summed E-state index contributed by atoms with van der Waals surface area (Å²) in [5.41, 5.74) is 1.82. The lowest BCUT2D eigenvalue weighted by atomic mass is 9.96. The Balaban J connectivity index is 1.75. The summed E-state index contributed by atoms with van der Waals surface area (Å²) in [7, 11) is 3.20. The number of methoxy groups -OCH3 is 1. The monoisotopic (exact) mass is 411 g/mol. The lowest BCUT2D eigenvalue weighted by Gasteiger charge is -2.35. The Morgan fingerprint density at radius 1 is 1.17 bits per heavy atom. The van der Waals surface area contributed by atoms with Crippen molar-refractivity contribution in [1.29, 1.82) is 0 Å². The summed E-state index contributed by atoms with van der Waals surface area (Å²) < 4.78 is 11.0. The second kappa shape index (κ2) is 9.52. The molecule has 160 valence electrons. The van der Waals surface area contributed by atoms with E-state index in [-0.39, 0.29) is 30.3 Å². The van der Waals surface area contributed by atoms with Crippen LogP contribution in [-0.2, 0) is 9.59 Å². The highest BCUT2D eigenvalue weighted by Crippen LogP contribution is 2.33. The largest absolute Gasteiger partial charge is 0.497 e. The van der Waals surface area contributed by atoms with Crippen LogP contribution in [0.3, 0.4) is 0 Å². The van der Waals surface area contributed by atoms with Crippen LogP contribution in [0.25, 0.3) is 0 Å². The standard InChI is InChI=1S/C23H29N3O4/c1-15(2)22(16-9-11-17(29-4)12-10-16)25-21(27)14-26-13-20(23(28)24-3)30-19-8-6-5-7-18(19)26/h5-12,15,20,22H,13-14H2,1-4H3,(H,24,28)(H,25,27). The molecule has 7 nitrogen and oxygen atoms in total. The molecule has 0 radical (unpaired) electrons. The van der Waals surface area contributed by atoms with Crippen LogP contribution in [0, 0.1) is 5.92 Å². The van der Waals surface area contributed by atoms with Crippen molar-refractivity contribution in [1.82, 2.24) is 10.6 Å². The molecule has 0 saturated heterocycles. The number of nitrogens with zero attached hydrogens (tertiary/aromatic N) is 1. The summed E-state index contributed by atoms with van der Waals surface area (Å²) in [6.07, 6.45) is -0.666. The van der Waals surface area contributed by atoms with Gasteiger partial charge >= 0.3 is 0 Å². The predicted octanol–water partition coefficient (Wildman–Crippen LogP) is 2.52. The number of carbonyl (C=O) groups excluding carboxylic acids is 2. The number of likely N-dealkylation sites (N-methyl/N-ethyl adjacent to an activating group) is 1. The van der Waals surface area contributed by atoms with Gasteiger partial charge in [-0.15, -0.1) is 0 Å². The predicted molar refractivity (Wildman–Crippen MR) is 116 cm³/mol. The summed E-state index contributed by atoms with van der Waals surface area (Å²) in [6, 6.07) is 15.0. The minimum Gasteiger partial charge on any atom is -0.497 e. The fourth-order valence-electron chi connectivity index (χ4n) is 3.59. The molecule has 0 spiro atoms. The van der Waals surface area contributed by atoms with Crippen LogP contribution in [-0.4, -0.2) is 45.2 Å². The maximum atomic E-state index is 13.0. The molecule has 0 aromatic heterocycles. The van der Waals surface area contributed by atoms with E-state index < -0.39 is 6.10 Å². The Hall–Kier alpha value is -3.22. The van der Waals surface area contributed by atoms with Crippen LogP contribution >= 0.6 is 0 Å². The number of benzene rings is 2. The highest BCUT2D eigenvalue weighted by molar-refractivity contribution is 5.86. The second-order valence-electron chi connectivity index (χ2n) is 7.63. The molecule has 2 atom stereocenters. The first-order valence-electron chi connectivity index (χ1n) is 10.1. The van der Waals surface area contributed by atoms with Crippen molar-refractivity contribution in [2.45, 2.75) is 26.0 Å². The summed E-state index contributed by atoms with van der Waals surface area (Å²) >= 11 is 0. The van der Waals surface area contributed by atoms with Gasteiger partial charge in [0.05, 0.1) is 31.9 Å². The molecular formula is C23H29N3O4. The molecule has 0 saturated carbocycles. The van der Waals surface area contributed by atoms with E-state index in [2.05, 4.69) is 24.5 Å². The molecule has 3 rings (SSSR count). The number of para-hydroxylation sites is 2. The van der Waals surface area contributed by atoms with Gasteiger partial charge in [-0.3, -0.25) is 9.59 Å². The van der Waals surface area contributed by atoms with E-state index in [0.29, 0.717) is 12.3 Å². The van der Waals surface area contributed by atoms with Gasteiger partial charge in [0.2, 0.25) is 5.91 Å². The number of fused-ring (bicyclic) bond motifs is 1. The normalized spacial score (nSPS) is 16.3. The first kappa shape index (κ1) is 21.5. The molecule has 2 unspecified atom stereocenters. The maximum absolute atomic E-state index is 13.0. The molecule has 2 N–H and O–H groups in total. The Morgan fingerprint density at radius 3 is 2.50 bits per heavy atom. The van der Waals surface area contributed by atoms with Crippen molar-refractivity contribution < 1.29 is 19.1 Å². The van der Waals surface area contributed by atoms with E-state index >= 15 is 0 Å². The molecule has 7 heteroatoms. The SMILES string of the molecule is CNC(=O)C1CN(CC(=O)NC(c2ccc(OC)cc2)C(C)C)c2ccccc2O1. The zero-order valence-electron chi connectivity index (χ0n) is 17.8. The third-order valence-electron chi connectivity index (χ3n) is 5.19. The van der Waals surface area contributed by atoms with Crippen LogP contribution in [0.5, 0.6) is 11.5 Å². The molecule has 0 bridgehead atoms. The van der Waals surface area contributed by atoms with Gasteiger partial charge in [0.25, 0.3) is 5.91 Å². The van der Waals surface area contributed by atoms with Gasteiger partial charge < -0.3 is 25.0 Å². The minimum atomic E-state index is -0.666. The molecule has 0 aliphatic carbocycles. The molecular weight excluding hydrogens is 382 g/mol. The van der Waals surface area contributed by atoms with Crippen molar-refractivity contribution in [2.24, 2.45) is 5.92 Å². The fourth-order valence-corrected chi connectivity index (χ4v) is 3.59. The molecule has 1 aliphatic heterocycles. The van der Waals surface area contributed by atoms with E-state index in [0.717, 1.165) is 17.0 Å². The number of ether oxygens (including phenoxy) is 2. The van der Waals surface area contributed by atoms with Crippen molar-refractivity contribution in [2.75, 3.05) is 32.1 Å². The molecule has 0 fully saturated rings. The second-order valence-corrected chi connectivity index (χ2v) is 7.63. The van der Waals surface area contributed by atoms with Gasteiger partial charge in [-0.1, -0.05) is 38.1 Å². The van der Waals surface area contributed by atoms with Gasteiger partial charge in [0.15, 0.2) is 6.10 Å². The first-order chi connectivity index (χ1) is 14.4. The van der Waals surface area contributed by atoms with Crippen LogP contribution < -0.4 is 25.0 Å². The van der Waals surface area contributed by atoms with Gasteiger partial charge in [-0.25, -0.2) is 0 Å². The zero-order chi connectivity index (χ0) is 21.7. The molecule has 1 heterocycles. The topological polar surface area (TPSA) is 79.9 Å². The summed E-state index contributed by atoms with van der Waals surface area (Å²) in [5, 5.41) is 5.76. The number of amides is 2. The van der Waals surface area contributed by atoms with E-state index in [4.69, 9.17) is 9.47 Å². The smallest absolute Gasteiger partial charge is 0.262 e. The molecule has 2 aromatic carbocycles. The highest BCUT2D eigenvalue weighted by atomic mass is 16.5. The molecule has 2 amide bonds. The molecule has 2 aromatic rings. The van der Waals surface area contributed by atoms with Crippen molar-refractivity contribution in [3.05, 3.63) is 54.1 Å². The fraction of sp³-hybridized carbons (Fsp3) is 0.391. The Morgan fingerprint density at radius 2 is 1.87 bits per heavy atom. The number of nitrogens with one attached hydrogen (secondary N) is 2. The maximum Gasteiger partial charge on any atom is 0.262 e. The van der Waals surface area contributed by atoms with Crippen molar-refractivity contribution in [3.8, 4) is 11.5 Å². The van der Waals surface area contributed by atoms with E-state index in [1.54, 1.807) is 14.2 Å². The third kappa shape index (κ3) is 4.84. The first-order valence-corrected chi connectivity index (χ1v) is 10.1. The van der Waals surface area contributed by atoms with Crippen LogP contribution in [0.2, 0.25) is 0 Å². The number of hydrogen-bond donors (Lipinski definition) is 2. The zero-order valence-corrected chi connectivity index (χ0v) is 17.8. The number of anilines is 1. The lowest BCUT2D eigenvalue weighted by Crippen LogP contribution is -2.51. The van der Waals surface area contributed by atoms with Gasteiger partial charge in [-0.2, -0.15) is 0 Å². The highest BCUT2D eigenvalue weighted by Gasteiger charge is 2.31. The Kier molecular flexibility index (Phi) is 6.82. The Labute approximate surface area is 177 Å². The van der Waals surface area contributed by atoms with E-state index in [9.17, 15) is 9.59 Å². The minimum absolute atomic E-state index is 0.114. The van der Waals surface area contributed by atoms with E-state index in [1.165, 1.54) is 0 Å². The molecule has 1 aliphatic rings. The van der Waals surface area contributed by atoms with Gasteiger partial charge in [-0.05, 0) is 35.7 Å². The lowest BCUT2D eigenvalue weighted by molar-refractivity contribution is -0.128. The third-order valence-corrected chi connectivity index (χ3v) is 5.19. The summed E-state index contributed by atoms with van der Waals surface area (Å²) in [4.78, 5) is 27.0. The molecule has 30 heavy (non-hydrogen) atoms. The van der Waals surface area contributed by atoms with Crippen molar-refractivity contribution >= 4 is 17.5 Å². The van der Waals surface area contributed by atoms with Gasteiger partial charge in [0, 0.05) is 7.05 Å². The Bertz CT molecular complexity index is 882. The average Bonchev–Trinajstić information content (AvgIpc) is 2.76. The number of hydrogen-bond acceptors (Lipinski definition) is 5. The van der Waals surface area contributed by atoms with Crippen molar-refractivity contribution in [3.63, 3.8) is 0 Å². The van der Waals surface area contributed by atoms with Crippen LogP contribution in [0.1, 0.15) is 25.5 Å². The quantitative estimate of drug-likeness (QED) is 0.732. The number of rotatable bonds is 7. The summed E-state index contributed by atoms with van der Waals surface area (Å²) in [6.45, 7) is 4.58. The van der Waals surface area contributed by atoms with Crippen LogP contribution in [0.4, 0.5) is 5.69 Å². The average molecular weight is 412 g/mol. The number of carbonyl (C=O) groups is 2. The van der Waals surface area contributed by atoms with Gasteiger partial charge in [0.1, 0.15) is 11.5 Å².